The van der Waals surface area contributed by atoms with Crippen molar-refractivity contribution in [3.63, 3.8) is 0 Å². The maximum absolute atomic E-state index is 10.9. The molecular weight excluding hydrogens is 409 g/mol. The number of nitrogens with one attached hydrogen (secondary N) is 1. The van der Waals surface area contributed by atoms with Crippen LogP contribution in [0.15, 0.2) is 12.7 Å². The van der Waals surface area contributed by atoms with Crippen LogP contribution in [0.2, 0.25) is 0 Å². The molecule has 1 saturated heterocycles. The average Bonchev–Trinajstić information content (AvgIpc) is 3.22. The molecule has 1 aliphatic rings. The maximum Gasteiger partial charge on any atom is 0.469 e. The summed E-state index contributed by atoms with van der Waals surface area (Å²) in [6.07, 6.45) is -1.66. The molecule has 0 radical (unpaired) electrons. The minimum Gasteiger partial charge on any atom is -0.396 e. The highest BCUT2D eigenvalue weighted by atomic mass is 31.2. The SMILES string of the molecule is C[C@H](CO)CCNc1ncnc2c1ncn2[C@H]1O[C@H](COP(=O)(O)O)[C@H](O)[C@H]1O. The van der Waals surface area contributed by atoms with E-state index in [4.69, 9.17) is 19.6 Å². The van der Waals surface area contributed by atoms with Gasteiger partial charge in [-0.1, -0.05) is 6.92 Å². The second-order valence-corrected chi connectivity index (χ2v) is 8.12. The molecule has 0 saturated carbocycles. The number of imidazole rings is 1. The third-order valence-corrected chi connectivity index (χ3v) is 5.10. The van der Waals surface area contributed by atoms with Crippen molar-refractivity contribution in [3.05, 3.63) is 12.7 Å². The van der Waals surface area contributed by atoms with Crippen LogP contribution in [0, 0.1) is 5.92 Å². The summed E-state index contributed by atoms with van der Waals surface area (Å²) in [5.74, 6) is 0.599. The molecule has 2 aromatic rings. The van der Waals surface area contributed by atoms with Gasteiger partial charge in [0.25, 0.3) is 0 Å². The first-order valence-electron chi connectivity index (χ1n) is 8.95. The molecule has 162 valence electrons. The Kier molecular flexibility index (Phi) is 6.81. The van der Waals surface area contributed by atoms with Crippen molar-refractivity contribution in [2.75, 3.05) is 25.1 Å². The summed E-state index contributed by atoms with van der Waals surface area (Å²) < 4.78 is 22.2. The monoisotopic (exact) mass is 433 g/mol. The number of ether oxygens (including phenoxy) is 1. The number of aliphatic hydroxyl groups is 3. The van der Waals surface area contributed by atoms with E-state index < -0.39 is 39.0 Å². The summed E-state index contributed by atoms with van der Waals surface area (Å²) in [6.45, 7) is 1.96. The van der Waals surface area contributed by atoms with Crippen LogP contribution in [-0.2, 0) is 13.8 Å². The van der Waals surface area contributed by atoms with Gasteiger partial charge in [0, 0.05) is 13.2 Å². The van der Waals surface area contributed by atoms with Crippen molar-refractivity contribution in [2.45, 2.75) is 37.9 Å². The zero-order valence-electron chi connectivity index (χ0n) is 15.6. The van der Waals surface area contributed by atoms with Crippen molar-refractivity contribution in [3.8, 4) is 0 Å². The highest BCUT2D eigenvalue weighted by Crippen LogP contribution is 2.38. The van der Waals surface area contributed by atoms with Gasteiger partial charge in [-0.05, 0) is 12.3 Å². The molecule has 1 aliphatic heterocycles. The van der Waals surface area contributed by atoms with E-state index in [0.717, 1.165) is 6.42 Å². The van der Waals surface area contributed by atoms with Crippen molar-refractivity contribution in [2.24, 2.45) is 5.92 Å². The quantitative estimate of drug-likeness (QED) is 0.264. The second-order valence-electron chi connectivity index (χ2n) is 6.88. The van der Waals surface area contributed by atoms with Gasteiger partial charge in [0.2, 0.25) is 0 Å². The predicted octanol–water partition coefficient (Wildman–Crippen LogP) is -1.01. The van der Waals surface area contributed by atoms with Gasteiger partial charge in [0.15, 0.2) is 23.2 Å². The second kappa shape index (κ2) is 8.98. The Hall–Kier alpha value is -1.70. The van der Waals surface area contributed by atoms with E-state index in [1.165, 1.54) is 17.2 Å². The maximum atomic E-state index is 10.9. The molecule has 29 heavy (non-hydrogen) atoms. The number of rotatable bonds is 9. The third-order valence-electron chi connectivity index (χ3n) is 4.62. The summed E-state index contributed by atoms with van der Waals surface area (Å²) in [7, 11) is -4.75. The fourth-order valence-electron chi connectivity index (χ4n) is 2.96. The fourth-order valence-corrected chi connectivity index (χ4v) is 3.30. The van der Waals surface area contributed by atoms with Crippen LogP contribution in [0.4, 0.5) is 5.82 Å². The van der Waals surface area contributed by atoms with E-state index in [1.54, 1.807) is 0 Å². The van der Waals surface area contributed by atoms with Crippen molar-refractivity contribution >= 4 is 24.8 Å². The first-order valence-corrected chi connectivity index (χ1v) is 10.5. The van der Waals surface area contributed by atoms with Crippen LogP contribution in [0.3, 0.4) is 0 Å². The molecule has 3 heterocycles. The molecule has 0 spiro atoms. The number of anilines is 1. The topological polar surface area (TPSA) is 192 Å². The number of hydrogen-bond acceptors (Lipinski definition) is 10. The van der Waals surface area contributed by atoms with Crippen molar-refractivity contribution < 1.29 is 38.9 Å². The van der Waals surface area contributed by atoms with Crippen molar-refractivity contribution in [1.82, 2.24) is 19.5 Å². The highest BCUT2D eigenvalue weighted by molar-refractivity contribution is 7.46. The van der Waals surface area contributed by atoms with Gasteiger partial charge in [-0.25, -0.2) is 19.5 Å². The summed E-state index contributed by atoms with van der Waals surface area (Å²) in [5, 5.41) is 32.7. The summed E-state index contributed by atoms with van der Waals surface area (Å²) in [5.41, 5.74) is 0.759. The Morgan fingerprint density at radius 2 is 2.07 bits per heavy atom. The van der Waals surface area contributed by atoms with Gasteiger partial charge in [-0.3, -0.25) is 9.09 Å². The number of fused-ring (bicyclic) bond motifs is 1. The largest absolute Gasteiger partial charge is 0.469 e. The summed E-state index contributed by atoms with van der Waals surface area (Å²) in [6, 6.07) is 0. The number of phosphoric ester groups is 1. The Morgan fingerprint density at radius 1 is 1.31 bits per heavy atom. The standard InChI is InChI=1S/C15H24N5O8P/c1-8(4-21)2-3-16-13-10-14(18-6-17-13)20(7-19-10)15-12(23)11(22)9(28-15)5-27-29(24,25)26/h6-9,11-12,15,21-23H,2-5H2,1H3,(H,16,17,18)(H2,24,25,26)/t8-,9+,11-,12+,15-/m0/s1. The molecule has 14 heteroatoms. The average molecular weight is 433 g/mol. The molecule has 6 N–H and O–H groups in total. The number of hydrogen-bond donors (Lipinski definition) is 6. The fraction of sp³-hybridized carbons (Fsp3) is 0.667. The minimum atomic E-state index is -4.75. The van der Waals surface area contributed by atoms with Gasteiger partial charge >= 0.3 is 7.82 Å². The molecule has 0 aromatic carbocycles. The van der Waals surface area contributed by atoms with Gasteiger partial charge in [0.1, 0.15) is 24.6 Å². The van der Waals surface area contributed by atoms with Gasteiger partial charge in [0.05, 0.1) is 12.9 Å². The summed E-state index contributed by atoms with van der Waals surface area (Å²) >= 11 is 0. The smallest absolute Gasteiger partial charge is 0.396 e. The first kappa shape index (κ1) is 22.0. The Bertz CT molecular complexity index is 876. The number of aromatic nitrogens is 4. The molecule has 2 aromatic heterocycles. The van der Waals surface area contributed by atoms with Crippen LogP contribution >= 0.6 is 7.82 Å². The Morgan fingerprint density at radius 3 is 2.76 bits per heavy atom. The molecule has 1 fully saturated rings. The number of aliphatic hydroxyl groups excluding tert-OH is 3. The van der Waals surface area contributed by atoms with E-state index in [1.807, 2.05) is 6.92 Å². The predicted molar refractivity (Wildman–Crippen MR) is 98.6 cm³/mol. The molecule has 0 unspecified atom stereocenters. The van der Waals surface area contributed by atoms with E-state index in [-0.39, 0.29) is 12.5 Å². The van der Waals surface area contributed by atoms with Crippen LogP contribution in [-0.4, -0.2) is 82.7 Å². The van der Waals surface area contributed by atoms with Crippen LogP contribution in [0.25, 0.3) is 11.2 Å². The van der Waals surface area contributed by atoms with Crippen LogP contribution < -0.4 is 5.32 Å². The first-order chi connectivity index (χ1) is 13.7. The number of phosphoric acid groups is 1. The normalized spacial score (nSPS) is 26.1. The van der Waals surface area contributed by atoms with Gasteiger partial charge in [-0.2, -0.15) is 0 Å². The van der Waals surface area contributed by atoms with E-state index in [2.05, 4.69) is 24.8 Å². The number of nitrogens with zero attached hydrogens (tertiary/aromatic N) is 4. The molecule has 13 nitrogen and oxygen atoms in total. The van der Waals surface area contributed by atoms with Crippen LogP contribution in [0.5, 0.6) is 0 Å². The third kappa shape index (κ3) is 5.08. The van der Waals surface area contributed by atoms with E-state index in [9.17, 15) is 14.8 Å². The highest BCUT2D eigenvalue weighted by Gasteiger charge is 2.45. The zero-order chi connectivity index (χ0) is 21.2. The lowest BCUT2D eigenvalue weighted by Crippen LogP contribution is -2.33. The molecule has 5 atom stereocenters. The molecule has 0 amide bonds. The molecule has 0 aliphatic carbocycles. The van der Waals surface area contributed by atoms with E-state index >= 15 is 0 Å². The lowest BCUT2D eigenvalue weighted by molar-refractivity contribution is -0.0504. The van der Waals surface area contributed by atoms with Crippen LogP contribution in [0.1, 0.15) is 19.6 Å². The zero-order valence-corrected chi connectivity index (χ0v) is 16.5. The summed E-state index contributed by atoms with van der Waals surface area (Å²) in [4.78, 5) is 30.2. The molecule has 3 rings (SSSR count). The molecular formula is C15H24N5O8P. The lowest BCUT2D eigenvalue weighted by atomic mass is 10.1. The van der Waals surface area contributed by atoms with Crippen molar-refractivity contribution in [1.29, 1.82) is 0 Å². The Labute approximate surface area is 165 Å². The van der Waals surface area contributed by atoms with Gasteiger partial charge in [-0.15, -0.1) is 0 Å². The lowest BCUT2D eigenvalue weighted by Gasteiger charge is -2.16. The van der Waals surface area contributed by atoms with E-state index in [0.29, 0.717) is 23.5 Å². The van der Waals surface area contributed by atoms with Gasteiger partial charge < -0.3 is 35.2 Å². The Balaban J connectivity index is 1.76. The minimum absolute atomic E-state index is 0.0849. The molecule has 0 bridgehead atoms.